The highest BCUT2D eigenvalue weighted by molar-refractivity contribution is 5.19. The molecular formula is C19H31NO2. The van der Waals surface area contributed by atoms with E-state index in [9.17, 15) is 10.2 Å². The first-order valence-electron chi connectivity index (χ1n) is 9.17. The summed E-state index contributed by atoms with van der Waals surface area (Å²) >= 11 is 0. The van der Waals surface area contributed by atoms with E-state index in [-0.39, 0.29) is 29.1 Å². The molecule has 0 amide bonds. The van der Waals surface area contributed by atoms with E-state index in [2.05, 4.69) is 26.0 Å². The van der Waals surface area contributed by atoms with Crippen LogP contribution in [-0.2, 0) is 0 Å². The van der Waals surface area contributed by atoms with Crippen molar-refractivity contribution in [2.24, 2.45) is 40.2 Å². The van der Waals surface area contributed by atoms with Gasteiger partial charge in [-0.25, -0.2) is 0 Å². The summed E-state index contributed by atoms with van der Waals surface area (Å²) in [6.45, 7) is 4.66. The summed E-state index contributed by atoms with van der Waals surface area (Å²) < 4.78 is 0. The fraction of sp³-hybridized carbons (Fsp3) is 0.895. The number of aliphatic hydroxyl groups excluding tert-OH is 2. The van der Waals surface area contributed by atoms with E-state index in [1.165, 1.54) is 0 Å². The van der Waals surface area contributed by atoms with Crippen LogP contribution in [-0.4, -0.2) is 28.5 Å². The highest BCUT2D eigenvalue weighted by atomic mass is 16.3. The van der Waals surface area contributed by atoms with E-state index in [0.717, 1.165) is 38.5 Å². The van der Waals surface area contributed by atoms with E-state index >= 15 is 0 Å². The molecule has 0 aromatic carbocycles. The van der Waals surface area contributed by atoms with Gasteiger partial charge in [0, 0.05) is 6.04 Å². The summed E-state index contributed by atoms with van der Waals surface area (Å²) in [6, 6.07) is 0.156. The number of fused-ring (bicyclic) bond motifs is 5. The van der Waals surface area contributed by atoms with E-state index in [1.807, 2.05) is 0 Å². The van der Waals surface area contributed by atoms with Crippen molar-refractivity contribution in [1.29, 1.82) is 0 Å². The lowest BCUT2D eigenvalue weighted by Gasteiger charge is -2.60. The molecule has 22 heavy (non-hydrogen) atoms. The lowest BCUT2D eigenvalue weighted by Crippen LogP contribution is -2.58. The normalized spacial score (nSPS) is 60.5. The van der Waals surface area contributed by atoms with Crippen LogP contribution in [0.3, 0.4) is 0 Å². The maximum atomic E-state index is 10.9. The van der Waals surface area contributed by atoms with Crippen molar-refractivity contribution in [1.82, 2.24) is 0 Å². The Morgan fingerprint density at radius 2 is 1.82 bits per heavy atom. The van der Waals surface area contributed by atoms with Gasteiger partial charge in [0.05, 0.1) is 12.2 Å². The van der Waals surface area contributed by atoms with Gasteiger partial charge in [0.1, 0.15) is 0 Å². The van der Waals surface area contributed by atoms with Crippen LogP contribution in [0.1, 0.15) is 52.4 Å². The van der Waals surface area contributed by atoms with Crippen LogP contribution in [0.15, 0.2) is 12.2 Å². The predicted molar refractivity (Wildman–Crippen MR) is 87.0 cm³/mol. The Balaban J connectivity index is 1.71. The molecule has 0 aliphatic heterocycles. The van der Waals surface area contributed by atoms with Crippen LogP contribution in [0.5, 0.6) is 0 Å². The largest absolute Gasteiger partial charge is 0.393 e. The van der Waals surface area contributed by atoms with Crippen LogP contribution in [0.25, 0.3) is 0 Å². The summed E-state index contributed by atoms with van der Waals surface area (Å²) in [4.78, 5) is 0. The molecular weight excluding hydrogens is 274 g/mol. The van der Waals surface area contributed by atoms with Crippen LogP contribution in [0.2, 0.25) is 0 Å². The van der Waals surface area contributed by atoms with Crippen molar-refractivity contribution in [2.45, 2.75) is 70.6 Å². The number of aliphatic hydroxyl groups is 2. The molecule has 3 saturated carbocycles. The van der Waals surface area contributed by atoms with E-state index < -0.39 is 0 Å². The second-order valence-electron chi connectivity index (χ2n) is 9.05. The molecule has 0 saturated heterocycles. The van der Waals surface area contributed by atoms with E-state index in [0.29, 0.717) is 23.7 Å². The third kappa shape index (κ3) is 1.85. The standard InChI is InChI=1S/C19H31NO2/c1-18-7-5-12(20)9-11(18)10-15(21)17-13-3-4-16(22)19(13,2)8-6-14(17)18/h5,7,11-17,21-22H,3-4,6,8-10,20H2,1-2H3/t11?,12-,13-,14-,15-,16-,17-,18-,19-/m0/s1. The van der Waals surface area contributed by atoms with Crippen molar-refractivity contribution in [3.05, 3.63) is 12.2 Å². The molecule has 124 valence electrons. The van der Waals surface area contributed by atoms with Crippen molar-refractivity contribution in [2.75, 3.05) is 0 Å². The molecule has 0 spiro atoms. The average Bonchev–Trinajstić information content (AvgIpc) is 2.77. The minimum Gasteiger partial charge on any atom is -0.393 e. The molecule has 4 aliphatic rings. The monoisotopic (exact) mass is 305 g/mol. The second-order valence-corrected chi connectivity index (χ2v) is 9.05. The van der Waals surface area contributed by atoms with Gasteiger partial charge in [-0.1, -0.05) is 26.0 Å². The first-order valence-corrected chi connectivity index (χ1v) is 9.17. The summed E-state index contributed by atoms with van der Waals surface area (Å²) in [5.74, 6) is 1.90. The molecule has 0 aromatic rings. The van der Waals surface area contributed by atoms with Gasteiger partial charge >= 0.3 is 0 Å². The zero-order valence-corrected chi connectivity index (χ0v) is 13.9. The van der Waals surface area contributed by atoms with Crippen LogP contribution in [0.4, 0.5) is 0 Å². The minimum absolute atomic E-state index is 0.0279. The van der Waals surface area contributed by atoms with Crippen LogP contribution < -0.4 is 5.73 Å². The molecule has 4 rings (SSSR count). The Labute approximate surface area is 134 Å². The van der Waals surface area contributed by atoms with E-state index in [4.69, 9.17) is 5.73 Å². The van der Waals surface area contributed by atoms with Crippen molar-refractivity contribution in [3.8, 4) is 0 Å². The van der Waals surface area contributed by atoms with Crippen molar-refractivity contribution < 1.29 is 10.2 Å². The number of nitrogens with two attached hydrogens (primary N) is 1. The summed E-state index contributed by atoms with van der Waals surface area (Å²) in [5.41, 5.74) is 6.35. The summed E-state index contributed by atoms with van der Waals surface area (Å²) in [6.07, 6.45) is 10.3. The molecule has 3 heteroatoms. The molecule has 0 bridgehead atoms. The number of rotatable bonds is 0. The van der Waals surface area contributed by atoms with Gasteiger partial charge in [-0.2, -0.15) is 0 Å². The van der Waals surface area contributed by atoms with Gasteiger partial charge in [-0.05, 0) is 73.0 Å². The molecule has 4 aliphatic carbocycles. The predicted octanol–water partition coefficient (Wildman–Crippen LogP) is 2.46. The van der Waals surface area contributed by atoms with Gasteiger partial charge in [-0.15, -0.1) is 0 Å². The molecule has 0 radical (unpaired) electrons. The fourth-order valence-corrected chi connectivity index (χ4v) is 6.78. The smallest absolute Gasteiger partial charge is 0.0596 e. The third-order valence-corrected chi connectivity index (χ3v) is 8.19. The maximum Gasteiger partial charge on any atom is 0.0596 e. The number of allylic oxidation sites excluding steroid dienone is 1. The molecule has 9 atom stereocenters. The molecule has 3 nitrogen and oxygen atoms in total. The lowest BCUT2D eigenvalue weighted by atomic mass is 9.45. The minimum atomic E-state index is -0.211. The fourth-order valence-electron chi connectivity index (χ4n) is 6.78. The van der Waals surface area contributed by atoms with Gasteiger partial charge < -0.3 is 15.9 Å². The Hall–Kier alpha value is -0.380. The average molecular weight is 305 g/mol. The number of hydrogen-bond donors (Lipinski definition) is 3. The zero-order chi connectivity index (χ0) is 15.7. The Morgan fingerprint density at radius 1 is 1.05 bits per heavy atom. The van der Waals surface area contributed by atoms with Gasteiger partial charge in [-0.3, -0.25) is 0 Å². The van der Waals surface area contributed by atoms with Gasteiger partial charge in [0.25, 0.3) is 0 Å². The Bertz CT molecular complexity index is 492. The van der Waals surface area contributed by atoms with Gasteiger partial charge in [0.15, 0.2) is 0 Å². The molecule has 0 aromatic heterocycles. The van der Waals surface area contributed by atoms with Crippen molar-refractivity contribution >= 4 is 0 Å². The van der Waals surface area contributed by atoms with Gasteiger partial charge in [0.2, 0.25) is 0 Å². The molecule has 3 fully saturated rings. The third-order valence-electron chi connectivity index (χ3n) is 8.19. The van der Waals surface area contributed by atoms with Crippen LogP contribution >= 0.6 is 0 Å². The first kappa shape index (κ1) is 15.2. The lowest BCUT2D eigenvalue weighted by molar-refractivity contribution is -0.146. The quantitative estimate of drug-likeness (QED) is 0.602. The maximum absolute atomic E-state index is 10.9. The summed E-state index contributed by atoms with van der Waals surface area (Å²) in [7, 11) is 0. The Kier molecular flexibility index (Phi) is 3.32. The highest BCUT2D eigenvalue weighted by Crippen LogP contribution is 2.65. The SMILES string of the molecule is C[C@]12CC[C@H]3[C@@H]([C@@H](O)CC4C[C@@H](N)C=C[C@@]43C)[C@@H]1CC[C@@H]2O. The molecule has 0 heterocycles. The highest BCUT2D eigenvalue weighted by Gasteiger charge is 2.61. The zero-order valence-electron chi connectivity index (χ0n) is 13.9. The topological polar surface area (TPSA) is 66.5 Å². The van der Waals surface area contributed by atoms with E-state index in [1.54, 1.807) is 0 Å². The Morgan fingerprint density at radius 3 is 2.59 bits per heavy atom. The molecule has 4 N–H and O–H groups in total. The second kappa shape index (κ2) is 4.81. The number of hydrogen-bond acceptors (Lipinski definition) is 3. The summed E-state index contributed by atoms with van der Waals surface area (Å²) in [5, 5.41) is 21.4. The first-order chi connectivity index (χ1) is 10.4. The van der Waals surface area contributed by atoms with Crippen LogP contribution in [0, 0.1) is 34.5 Å². The molecule has 1 unspecified atom stereocenters. The van der Waals surface area contributed by atoms with Crippen molar-refractivity contribution in [3.63, 3.8) is 0 Å².